The Morgan fingerprint density at radius 3 is 2.26 bits per heavy atom. The molecule has 9 heteroatoms. The first kappa shape index (κ1) is 20.7. The average Bonchev–Trinajstić information content (AvgIpc) is 2.61. The van der Waals surface area contributed by atoms with Crippen LogP contribution in [-0.4, -0.2) is 46.0 Å². The molecule has 0 aromatic heterocycles. The molecule has 5 nitrogen and oxygen atoms in total. The van der Waals surface area contributed by atoms with Crippen LogP contribution in [0.25, 0.3) is 0 Å². The molecule has 1 N–H and O–H groups in total. The van der Waals surface area contributed by atoms with Crippen molar-refractivity contribution in [2.24, 2.45) is 0 Å². The van der Waals surface area contributed by atoms with E-state index in [1.54, 1.807) is 12.1 Å². The van der Waals surface area contributed by atoms with Crippen molar-refractivity contribution < 1.29 is 8.42 Å². The highest BCUT2D eigenvalue weighted by atomic mass is 79.9. The lowest BCUT2D eigenvalue weighted by Crippen LogP contribution is -2.46. The van der Waals surface area contributed by atoms with E-state index in [9.17, 15) is 8.42 Å². The number of sulfonamides is 1. The molecule has 1 aliphatic heterocycles. The number of hydrogen-bond acceptors (Lipinski definition) is 4. The molecule has 0 aliphatic carbocycles. The van der Waals surface area contributed by atoms with Gasteiger partial charge in [0.15, 0.2) is 0 Å². The van der Waals surface area contributed by atoms with Crippen LogP contribution >= 0.6 is 39.1 Å². The molecule has 0 saturated carbocycles. The number of anilines is 2. The summed E-state index contributed by atoms with van der Waals surface area (Å²) in [6.07, 6.45) is 0. The van der Waals surface area contributed by atoms with Crippen molar-refractivity contribution in [1.82, 2.24) is 4.90 Å². The zero-order valence-electron chi connectivity index (χ0n) is 14.8. The molecule has 1 heterocycles. The Kier molecular flexibility index (Phi) is 6.58. The number of piperazine rings is 1. The van der Waals surface area contributed by atoms with Crippen molar-refractivity contribution in [3.8, 4) is 0 Å². The van der Waals surface area contributed by atoms with Crippen LogP contribution in [0.2, 0.25) is 10.0 Å². The Hall–Kier alpha value is -0.990. The maximum atomic E-state index is 13.0. The molecule has 0 amide bonds. The molecule has 27 heavy (non-hydrogen) atoms. The molecule has 3 rings (SSSR count). The van der Waals surface area contributed by atoms with Crippen LogP contribution in [0.3, 0.4) is 0 Å². The highest BCUT2D eigenvalue weighted by Gasteiger charge is 2.25. The fraction of sp³-hybridized carbons (Fsp3) is 0.333. The van der Waals surface area contributed by atoms with Crippen molar-refractivity contribution >= 4 is 60.5 Å². The fourth-order valence-corrected chi connectivity index (χ4v) is 6.14. The largest absolute Gasteiger partial charge is 0.367 e. The van der Waals surface area contributed by atoms with Gasteiger partial charge in [-0.2, -0.15) is 0 Å². The summed E-state index contributed by atoms with van der Waals surface area (Å²) in [4.78, 5) is 4.43. The number of hydrogen-bond donors (Lipinski definition) is 1. The molecular formula is C18H20BrCl2N3O2S. The molecule has 0 bridgehead atoms. The maximum Gasteiger partial charge on any atom is 0.264 e. The molecule has 0 radical (unpaired) electrons. The van der Waals surface area contributed by atoms with Crippen LogP contribution < -0.4 is 9.62 Å². The minimum Gasteiger partial charge on any atom is -0.367 e. The third kappa shape index (κ3) is 4.71. The molecule has 0 spiro atoms. The first-order chi connectivity index (χ1) is 12.8. The number of para-hydroxylation sites is 2. The van der Waals surface area contributed by atoms with Crippen LogP contribution in [-0.2, 0) is 10.0 Å². The zero-order valence-corrected chi connectivity index (χ0v) is 18.7. The number of nitrogens with one attached hydrogen (secondary N) is 1. The predicted molar refractivity (Wildman–Crippen MR) is 116 cm³/mol. The van der Waals surface area contributed by atoms with Gasteiger partial charge in [0.25, 0.3) is 10.0 Å². The lowest BCUT2D eigenvalue weighted by Gasteiger charge is -2.36. The second-order valence-electron chi connectivity index (χ2n) is 6.24. The molecule has 1 aliphatic rings. The van der Waals surface area contributed by atoms with E-state index in [1.807, 2.05) is 12.1 Å². The predicted octanol–water partition coefficient (Wildman–Crippen LogP) is 4.70. The lowest BCUT2D eigenvalue weighted by atomic mass is 10.2. The van der Waals surface area contributed by atoms with Gasteiger partial charge in [-0.15, -0.1) is 0 Å². The summed E-state index contributed by atoms with van der Waals surface area (Å²) in [7, 11) is -3.94. The number of nitrogens with zero attached hydrogens (tertiary/aromatic N) is 2. The van der Waals surface area contributed by atoms with Crippen molar-refractivity contribution in [2.45, 2.75) is 11.8 Å². The average molecular weight is 493 g/mol. The molecule has 1 saturated heterocycles. The van der Waals surface area contributed by atoms with Crippen LogP contribution in [0.15, 0.2) is 45.8 Å². The standard InChI is InChI=1S/C18H20BrCl2N3O2S/c1-2-23-7-9-24(10-8-23)17-6-4-3-5-16(17)22-27(25,26)18-14(20)11-13(19)12-15(18)21/h3-6,11-12,22H,2,7-10H2,1H3. The molecular weight excluding hydrogens is 473 g/mol. The second-order valence-corrected chi connectivity index (χ2v) is 9.59. The molecule has 1 fully saturated rings. The van der Waals surface area contributed by atoms with Crippen LogP contribution in [0.5, 0.6) is 0 Å². The summed E-state index contributed by atoms with van der Waals surface area (Å²) < 4.78 is 29.2. The normalized spacial score (nSPS) is 15.8. The van der Waals surface area contributed by atoms with Crippen molar-refractivity contribution in [2.75, 3.05) is 42.3 Å². The van der Waals surface area contributed by atoms with E-state index >= 15 is 0 Å². The second kappa shape index (κ2) is 8.57. The Morgan fingerprint density at radius 1 is 1.07 bits per heavy atom. The number of rotatable bonds is 5. The quantitative estimate of drug-likeness (QED) is 0.657. The topological polar surface area (TPSA) is 52.6 Å². The third-order valence-electron chi connectivity index (χ3n) is 4.54. The van der Waals surface area contributed by atoms with E-state index < -0.39 is 10.0 Å². The van der Waals surface area contributed by atoms with Crippen molar-refractivity contribution in [3.05, 3.63) is 50.9 Å². The zero-order chi connectivity index (χ0) is 19.6. The Labute approximate surface area is 178 Å². The van der Waals surface area contributed by atoms with Gasteiger partial charge in [0.2, 0.25) is 0 Å². The smallest absolute Gasteiger partial charge is 0.264 e. The summed E-state index contributed by atoms with van der Waals surface area (Å²) in [5.74, 6) is 0. The number of benzene rings is 2. The highest BCUT2D eigenvalue weighted by molar-refractivity contribution is 9.10. The Bertz CT molecular complexity index is 909. The van der Waals surface area contributed by atoms with Gasteiger partial charge in [0, 0.05) is 30.7 Å². The van der Waals surface area contributed by atoms with Crippen LogP contribution in [0.4, 0.5) is 11.4 Å². The first-order valence-corrected chi connectivity index (χ1v) is 11.6. The van der Waals surface area contributed by atoms with Crippen LogP contribution in [0.1, 0.15) is 6.92 Å². The third-order valence-corrected chi connectivity index (χ3v) is 7.28. The van der Waals surface area contributed by atoms with Gasteiger partial charge in [0.1, 0.15) is 4.90 Å². The summed E-state index contributed by atoms with van der Waals surface area (Å²) >= 11 is 15.6. The minimum atomic E-state index is -3.94. The van der Waals surface area contributed by atoms with Crippen molar-refractivity contribution in [1.29, 1.82) is 0 Å². The van der Waals surface area contributed by atoms with Crippen LogP contribution in [0, 0.1) is 0 Å². The molecule has 2 aromatic rings. The van der Waals surface area contributed by atoms with E-state index in [4.69, 9.17) is 23.2 Å². The summed E-state index contributed by atoms with van der Waals surface area (Å²) in [5, 5.41) is 0.131. The van der Waals surface area contributed by atoms with E-state index in [0.29, 0.717) is 10.2 Å². The summed E-state index contributed by atoms with van der Waals surface area (Å²) in [6, 6.07) is 10.4. The molecule has 2 aromatic carbocycles. The van der Waals surface area contributed by atoms with Crippen molar-refractivity contribution in [3.63, 3.8) is 0 Å². The van der Waals surface area contributed by atoms with E-state index in [1.165, 1.54) is 12.1 Å². The van der Waals surface area contributed by atoms with E-state index in [2.05, 4.69) is 37.4 Å². The summed E-state index contributed by atoms with van der Waals surface area (Å²) in [5.41, 5.74) is 1.36. The molecule has 146 valence electrons. The lowest BCUT2D eigenvalue weighted by molar-refractivity contribution is 0.271. The minimum absolute atomic E-state index is 0.0657. The summed E-state index contributed by atoms with van der Waals surface area (Å²) in [6.45, 7) is 6.73. The van der Waals surface area contributed by atoms with E-state index in [-0.39, 0.29) is 14.9 Å². The maximum absolute atomic E-state index is 13.0. The SMILES string of the molecule is CCN1CCN(c2ccccc2NS(=O)(=O)c2c(Cl)cc(Br)cc2Cl)CC1. The van der Waals surface area contributed by atoms with Gasteiger partial charge in [0.05, 0.1) is 21.4 Å². The van der Waals surface area contributed by atoms with Gasteiger partial charge in [-0.3, -0.25) is 4.72 Å². The van der Waals surface area contributed by atoms with Gasteiger partial charge >= 0.3 is 0 Å². The van der Waals surface area contributed by atoms with Gasteiger partial charge in [-0.1, -0.05) is 58.2 Å². The fourth-order valence-electron chi connectivity index (χ4n) is 3.12. The molecule has 0 atom stereocenters. The van der Waals surface area contributed by atoms with Gasteiger partial charge in [-0.05, 0) is 30.8 Å². The van der Waals surface area contributed by atoms with Gasteiger partial charge in [-0.25, -0.2) is 8.42 Å². The van der Waals surface area contributed by atoms with Gasteiger partial charge < -0.3 is 9.80 Å². The first-order valence-electron chi connectivity index (χ1n) is 8.55. The monoisotopic (exact) mass is 491 g/mol. The highest BCUT2D eigenvalue weighted by Crippen LogP contribution is 2.35. The molecule has 0 unspecified atom stereocenters. The Morgan fingerprint density at radius 2 is 1.67 bits per heavy atom. The number of halogens is 3. The number of likely N-dealkylation sites (N-methyl/N-ethyl adjacent to an activating group) is 1. The van der Waals surface area contributed by atoms with E-state index in [0.717, 1.165) is 38.4 Å². The Balaban J connectivity index is 1.90.